The molecule has 1 spiro atoms. The maximum absolute atomic E-state index is 12.6. The van der Waals surface area contributed by atoms with Gasteiger partial charge in [-0.3, -0.25) is 9.69 Å². The summed E-state index contributed by atoms with van der Waals surface area (Å²) >= 11 is 1.79. The molecule has 3 heteroatoms. The second-order valence-electron chi connectivity index (χ2n) is 5.56. The van der Waals surface area contributed by atoms with Gasteiger partial charge >= 0.3 is 0 Å². The Kier molecular flexibility index (Phi) is 3.59. The lowest BCUT2D eigenvalue weighted by atomic mass is 9.74. The van der Waals surface area contributed by atoms with Gasteiger partial charge in [0.2, 0.25) is 0 Å². The van der Waals surface area contributed by atoms with Crippen LogP contribution in [0.5, 0.6) is 0 Å². The van der Waals surface area contributed by atoms with Crippen molar-refractivity contribution in [1.29, 1.82) is 0 Å². The summed E-state index contributed by atoms with van der Waals surface area (Å²) in [5.41, 5.74) is 1.12. The minimum absolute atomic E-state index is 0.253. The fraction of sp³-hybridized carbons (Fsp3) is 0.562. The number of thiophene rings is 1. The smallest absolute Gasteiger partial charge is 0.157 e. The fourth-order valence-electron chi connectivity index (χ4n) is 3.77. The average molecular weight is 275 g/mol. The monoisotopic (exact) mass is 275 g/mol. The molecule has 19 heavy (non-hydrogen) atoms. The number of ketones is 1. The van der Waals surface area contributed by atoms with Crippen LogP contribution < -0.4 is 0 Å². The number of carbonyl (C=O) groups excluding carboxylic acids is 1. The third-order valence-electron chi connectivity index (χ3n) is 4.62. The Labute approximate surface area is 119 Å². The Morgan fingerprint density at radius 2 is 2.32 bits per heavy atom. The van der Waals surface area contributed by atoms with E-state index in [0.29, 0.717) is 5.78 Å². The van der Waals surface area contributed by atoms with E-state index in [4.69, 9.17) is 0 Å². The molecule has 1 saturated heterocycles. The summed E-state index contributed by atoms with van der Waals surface area (Å²) < 4.78 is 0. The molecule has 1 atom stereocenters. The molecule has 0 N–H and O–H groups in total. The van der Waals surface area contributed by atoms with E-state index >= 15 is 0 Å². The van der Waals surface area contributed by atoms with Gasteiger partial charge in [-0.15, -0.1) is 11.3 Å². The number of hydrogen-bond acceptors (Lipinski definition) is 3. The fourth-order valence-corrected chi connectivity index (χ4v) is 4.49. The van der Waals surface area contributed by atoms with Crippen molar-refractivity contribution in [3.63, 3.8) is 0 Å². The number of likely N-dealkylation sites (tertiary alicyclic amines) is 1. The SMILES string of the molecule is CC=C1CCCC(=O)C12CCCN2Cc1cccs1. The molecule has 1 aliphatic heterocycles. The van der Waals surface area contributed by atoms with E-state index < -0.39 is 0 Å². The van der Waals surface area contributed by atoms with Crippen LogP contribution in [0.25, 0.3) is 0 Å². The van der Waals surface area contributed by atoms with Crippen LogP contribution in [0.15, 0.2) is 29.2 Å². The predicted molar refractivity (Wildman–Crippen MR) is 79.3 cm³/mol. The van der Waals surface area contributed by atoms with Gasteiger partial charge in [0.15, 0.2) is 5.78 Å². The molecule has 0 bridgehead atoms. The maximum atomic E-state index is 12.6. The molecule has 0 aromatic carbocycles. The van der Waals surface area contributed by atoms with Gasteiger partial charge in [0, 0.05) is 17.8 Å². The molecule has 0 radical (unpaired) electrons. The zero-order valence-corrected chi connectivity index (χ0v) is 12.3. The van der Waals surface area contributed by atoms with Gasteiger partial charge in [0.1, 0.15) is 5.54 Å². The van der Waals surface area contributed by atoms with Crippen molar-refractivity contribution in [2.75, 3.05) is 6.54 Å². The molecular weight excluding hydrogens is 254 g/mol. The molecule has 2 fully saturated rings. The number of nitrogens with zero attached hydrogens (tertiary/aromatic N) is 1. The Bertz CT molecular complexity index is 491. The van der Waals surface area contributed by atoms with Crippen LogP contribution in [0.4, 0.5) is 0 Å². The van der Waals surface area contributed by atoms with Crippen molar-refractivity contribution >= 4 is 17.1 Å². The van der Waals surface area contributed by atoms with Gasteiger partial charge < -0.3 is 0 Å². The molecule has 2 aliphatic rings. The average Bonchev–Trinajstić information content (AvgIpc) is 3.05. The first-order valence-corrected chi connectivity index (χ1v) is 8.12. The van der Waals surface area contributed by atoms with E-state index in [1.165, 1.54) is 10.5 Å². The van der Waals surface area contributed by atoms with Gasteiger partial charge in [0.05, 0.1) is 0 Å². The minimum atomic E-state index is -0.253. The van der Waals surface area contributed by atoms with E-state index in [0.717, 1.165) is 45.2 Å². The molecule has 3 rings (SSSR count). The number of Topliss-reactive ketones (excluding diaryl/α,β-unsaturated/α-hetero) is 1. The molecule has 1 aliphatic carbocycles. The highest BCUT2D eigenvalue weighted by molar-refractivity contribution is 7.09. The van der Waals surface area contributed by atoms with Crippen molar-refractivity contribution in [3.05, 3.63) is 34.0 Å². The molecular formula is C16H21NOS. The van der Waals surface area contributed by atoms with Gasteiger partial charge in [-0.1, -0.05) is 12.1 Å². The Balaban J connectivity index is 1.93. The lowest BCUT2D eigenvalue weighted by Crippen LogP contribution is -2.53. The Morgan fingerprint density at radius 3 is 3.05 bits per heavy atom. The molecule has 102 valence electrons. The quantitative estimate of drug-likeness (QED) is 0.766. The first-order valence-electron chi connectivity index (χ1n) is 7.24. The van der Waals surface area contributed by atoms with E-state index in [1.807, 2.05) is 0 Å². The molecule has 2 heterocycles. The van der Waals surface area contributed by atoms with Crippen molar-refractivity contribution < 1.29 is 4.79 Å². The summed E-state index contributed by atoms with van der Waals surface area (Å²) in [7, 11) is 0. The van der Waals surface area contributed by atoms with Crippen molar-refractivity contribution in [1.82, 2.24) is 4.90 Å². The van der Waals surface area contributed by atoms with Crippen molar-refractivity contribution in [2.45, 2.75) is 51.1 Å². The summed E-state index contributed by atoms with van der Waals surface area (Å²) in [6, 6.07) is 4.28. The highest BCUT2D eigenvalue weighted by Crippen LogP contribution is 2.43. The standard InChI is InChI=1S/C16H21NOS/c1-2-13-6-3-8-15(18)16(13)9-5-10-17(16)12-14-7-4-11-19-14/h2,4,7,11H,3,5-6,8-10,12H2,1H3. The van der Waals surface area contributed by atoms with Crippen molar-refractivity contribution in [2.24, 2.45) is 0 Å². The number of carbonyl (C=O) groups is 1. The lowest BCUT2D eigenvalue weighted by molar-refractivity contribution is -0.129. The predicted octanol–water partition coefficient (Wildman–Crippen LogP) is 3.78. The minimum Gasteiger partial charge on any atom is -0.297 e. The highest BCUT2D eigenvalue weighted by Gasteiger charge is 2.50. The summed E-state index contributed by atoms with van der Waals surface area (Å²) in [5.74, 6) is 0.459. The van der Waals surface area contributed by atoms with Gasteiger partial charge in [-0.2, -0.15) is 0 Å². The van der Waals surface area contributed by atoms with Crippen LogP contribution in [0, 0.1) is 0 Å². The topological polar surface area (TPSA) is 20.3 Å². The lowest BCUT2D eigenvalue weighted by Gasteiger charge is -2.42. The summed E-state index contributed by atoms with van der Waals surface area (Å²) in [4.78, 5) is 16.5. The van der Waals surface area contributed by atoms with Gasteiger partial charge in [-0.05, 0) is 56.2 Å². The molecule has 2 nitrogen and oxygen atoms in total. The Hall–Kier alpha value is -0.930. The molecule has 1 unspecified atom stereocenters. The van der Waals surface area contributed by atoms with Crippen LogP contribution in [-0.4, -0.2) is 22.8 Å². The first-order chi connectivity index (χ1) is 9.27. The van der Waals surface area contributed by atoms with E-state index in [1.54, 1.807) is 11.3 Å². The second-order valence-corrected chi connectivity index (χ2v) is 6.59. The summed E-state index contributed by atoms with van der Waals surface area (Å²) in [6.07, 6.45) is 7.27. The van der Waals surface area contributed by atoms with Gasteiger partial charge in [0.25, 0.3) is 0 Å². The third kappa shape index (κ3) is 2.09. The second kappa shape index (κ2) is 5.22. The van der Waals surface area contributed by atoms with E-state index in [-0.39, 0.29) is 5.54 Å². The zero-order chi connectivity index (χ0) is 13.3. The molecule has 1 aromatic heterocycles. The van der Waals surface area contributed by atoms with E-state index in [9.17, 15) is 4.79 Å². The van der Waals surface area contributed by atoms with Crippen LogP contribution in [-0.2, 0) is 11.3 Å². The van der Waals surface area contributed by atoms with Gasteiger partial charge in [-0.25, -0.2) is 0 Å². The number of rotatable bonds is 2. The maximum Gasteiger partial charge on any atom is 0.157 e. The zero-order valence-electron chi connectivity index (χ0n) is 11.5. The first kappa shape index (κ1) is 13.1. The third-order valence-corrected chi connectivity index (χ3v) is 5.49. The summed E-state index contributed by atoms with van der Waals surface area (Å²) in [6.45, 7) is 4.08. The van der Waals surface area contributed by atoms with Crippen LogP contribution in [0.1, 0.15) is 43.9 Å². The normalized spacial score (nSPS) is 30.6. The number of hydrogen-bond donors (Lipinski definition) is 0. The molecule has 1 aromatic rings. The highest BCUT2D eigenvalue weighted by atomic mass is 32.1. The van der Waals surface area contributed by atoms with Crippen molar-refractivity contribution in [3.8, 4) is 0 Å². The Morgan fingerprint density at radius 1 is 1.42 bits per heavy atom. The number of allylic oxidation sites excluding steroid dienone is 1. The largest absolute Gasteiger partial charge is 0.297 e. The van der Waals surface area contributed by atoms with Crippen LogP contribution in [0.2, 0.25) is 0 Å². The molecule has 0 amide bonds. The molecule has 1 saturated carbocycles. The van der Waals surface area contributed by atoms with Crippen LogP contribution >= 0.6 is 11.3 Å². The van der Waals surface area contributed by atoms with E-state index in [2.05, 4.69) is 35.4 Å². The summed E-state index contributed by atoms with van der Waals surface area (Å²) in [5, 5.41) is 2.12. The van der Waals surface area contributed by atoms with Crippen LogP contribution in [0.3, 0.4) is 0 Å².